The summed E-state index contributed by atoms with van der Waals surface area (Å²) in [5.74, 6) is -2.31. The summed E-state index contributed by atoms with van der Waals surface area (Å²) in [6, 6.07) is 5.51. The van der Waals surface area contributed by atoms with Gasteiger partial charge in [-0.2, -0.15) is 0 Å². The van der Waals surface area contributed by atoms with Gasteiger partial charge >= 0.3 is 11.9 Å². The Bertz CT molecular complexity index is 401. The first kappa shape index (κ1) is 14.0. The van der Waals surface area contributed by atoms with Crippen LogP contribution in [0.3, 0.4) is 0 Å². The molecule has 0 saturated heterocycles. The van der Waals surface area contributed by atoms with Crippen molar-refractivity contribution in [2.24, 2.45) is 0 Å². The smallest absolute Gasteiger partial charge is 0.305 e. The third kappa shape index (κ3) is 4.82. The Morgan fingerprint density at radius 1 is 1.00 bits per heavy atom. The molecule has 1 aromatic carbocycles. The summed E-state index contributed by atoms with van der Waals surface area (Å²) in [4.78, 5) is 22.7. The lowest BCUT2D eigenvalue weighted by molar-refractivity contribution is -0.137. The van der Waals surface area contributed by atoms with Gasteiger partial charge in [0, 0.05) is 18.8 Å². The Morgan fingerprint density at radius 2 is 1.44 bits per heavy atom. The Morgan fingerprint density at radius 3 is 1.83 bits per heavy atom. The summed E-state index contributed by atoms with van der Waals surface area (Å²) in [6.45, 7) is 0.377. The van der Waals surface area contributed by atoms with E-state index in [-0.39, 0.29) is 25.9 Å². The Labute approximate surface area is 103 Å². The maximum Gasteiger partial charge on any atom is 0.305 e. The summed E-state index contributed by atoms with van der Waals surface area (Å²) in [6.07, 6.45) is -0.200. The number of rotatable bonds is 7. The largest absolute Gasteiger partial charge is 0.481 e. The van der Waals surface area contributed by atoms with Gasteiger partial charge in [-0.05, 0) is 24.3 Å². The van der Waals surface area contributed by atoms with Gasteiger partial charge in [-0.25, -0.2) is 4.39 Å². The van der Waals surface area contributed by atoms with Crippen LogP contribution in [0.1, 0.15) is 12.8 Å². The van der Waals surface area contributed by atoms with E-state index in [0.717, 1.165) is 0 Å². The number of nitrogens with zero attached hydrogens (tertiary/aromatic N) is 1. The molecule has 98 valence electrons. The first-order valence-corrected chi connectivity index (χ1v) is 5.43. The van der Waals surface area contributed by atoms with E-state index in [1.807, 2.05) is 0 Å². The SMILES string of the molecule is O=C(O)CCN(CCC(=O)O)c1ccc(F)cc1. The van der Waals surface area contributed by atoms with E-state index >= 15 is 0 Å². The van der Waals surface area contributed by atoms with Crippen LogP contribution in [0.5, 0.6) is 0 Å². The van der Waals surface area contributed by atoms with Crippen molar-refractivity contribution in [3.63, 3.8) is 0 Å². The normalized spacial score (nSPS) is 10.1. The maximum absolute atomic E-state index is 12.8. The number of hydrogen-bond donors (Lipinski definition) is 2. The molecule has 2 N–H and O–H groups in total. The fourth-order valence-electron chi connectivity index (χ4n) is 1.48. The molecule has 0 aliphatic heterocycles. The second-order valence-electron chi connectivity index (χ2n) is 3.75. The van der Waals surface area contributed by atoms with E-state index in [2.05, 4.69) is 0 Å². The fraction of sp³-hybridized carbons (Fsp3) is 0.333. The van der Waals surface area contributed by atoms with Crippen LogP contribution in [0.4, 0.5) is 10.1 Å². The third-order valence-corrected chi connectivity index (χ3v) is 2.38. The lowest BCUT2D eigenvalue weighted by atomic mass is 10.2. The lowest BCUT2D eigenvalue weighted by Crippen LogP contribution is -2.28. The Hall–Kier alpha value is -2.11. The fourth-order valence-corrected chi connectivity index (χ4v) is 1.48. The van der Waals surface area contributed by atoms with E-state index in [9.17, 15) is 14.0 Å². The van der Waals surface area contributed by atoms with Crippen LogP contribution < -0.4 is 4.90 Å². The molecule has 0 spiro atoms. The van der Waals surface area contributed by atoms with E-state index in [0.29, 0.717) is 5.69 Å². The first-order chi connectivity index (χ1) is 8.49. The molecule has 18 heavy (non-hydrogen) atoms. The molecular weight excluding hydrogens is 241 g/mol. The highest BCUT2D eigenvalue weighted by molar-refractivity contribution is 5.69. The van der Waals surface area contributed by atoms with Gasteiger partial charge in [-0.1, -0.05) is 0 Å². The molecule has 0 bridgehead atoms. The molecule has 0 unspecified atom stereocenters. The Kier molecular flexibility index (Phi) is 5.10. The molecular formula is C12H14FNO4. The van der Waals surface area contributed by atoms with Crippen LogP contribution in [0.25, 0.3) is 0 Å². The van der Waals surface area contributed by atoms with E-state index in [1.165, 1.54) is 24.3 Å². The highest BCUT2D eigenvalue weighted by Gasteiger charge is 2.10. The zero-order chi connectivity index (χ0) is 13.5. The lowest BCUT2D eigenvalue weighted by Gasteiger charge is -2.23. The Balaban J connectivity index is 2.71. The summed E-state index contributed by atoms with van der Waals surface area (Å²) in [7, 11) is 0. The molecule has 0 heterocycles. The average molecular weight is 255 g/mol. The van der Waals surface area contributed by atoms with Gasteiger partial charge in [0.05, 0.1) is 12.8 Å². The molecule has 0 amide bonds. The minimum atomic E-state index is -0.961. The van der Waals surface area contributed by atoms with Crippen molar-refractivity contribution < 1.29 is 24.2 Å². The topological polar surface area (TPSA) is 77.8 Å². The second-order valence-corrected chi connectivity index (χ2v) is 3.75. The van der Waals surface area contributed by atoms with Gasteiger partial charge in [0.25, 0.3) is 0 Å². The summed E-state index contributed by atoms with van der Waals surface area (Å²) in [5, 5.41) is 17.3. The van der Waals surface area contributed by atoms with Gasteiger partial charge in [0.2, 0.25) is 0 Å². The van der Waals surface area contributed by atoms with Crippen molar-refractivity contribution in [1.82, 2.24) is 0 Å². The van der Waals surface area contributed by atoms with Gasteiger partial charge in [-0.3, -0.25) is 9.59 Å². The van der Waals surface area contributed by atoms with Crippen LogP contribution in [0.2, 0.25) is 0 Å². The van der Waals surface area contributed by atoms with Crippen LogP contribution in [0, 0.1) is 5.82 Å². The number of carboxylic acid groups (broad SMARTS) is 2. The maximum atomic E-state index is 12.8. The van der Waals surface area contributed by atoms with Crippen LogP contribution in [-0.2, 0) is 9.59 Å². The van der Waals surface area contributed by atoms with E-state index < -0.39 is 17.8 Å². The van der Waals surface area contributed by atoms with Crippen LogP contribution >= 0.6 is 0 Å². The average Bonchev–Trinajstić information content (AvgIpc) is 2.30. The number of halogens is 1. The van der Waals surface area contributed by atoms with Crippen LogP contribution in [-0.4, -0.2) is 35.2 Å². The predicted molar refractivity (Wildman–Crippen MR) is 63.1 cm³/mol. The molecule has 0 aliphatic carbocycles. The van der Waals surface area contributed by atoms with Crippen molar-refractivity contribution in [1.29, 1.82) is 0 Å². The number of carbonyl (C=O) groups is 2. The number of anilines is 1. The quantitative estimate of drug-likeness (QED) is 0.773. The zero-order valence-corrected chi connectivity index (χ0v) is 9.67. The molecule has 1 rings (SSSR count). The molecule has 0 atom stereocenters. The molecule has 0 aromatic heterocycles. The summed E-state index contributed by atoms with van der Waals surface area (Å²) >= 11 is 0. The molecule has 5 nitrogen and oxygen atoms in total. The highest BCUT2D eigenvalue weighted by Crippen LogP contribution is 2.15. The number of benzene rings is 1. The van der Waals surface area contributed by atoms with Gasteiger partial charge in [0.15, 0.2) is 0 Å². The molecule has 0 aliphatic rings. The van der Waals surface area contributed by atoms with E-state index in [1.54, 1.807) is 4.90 Å². The summed E-state index contributed by atoms with van der Waals surface area (Å²) in [5.41, 5.74) is 0.610. The molecule has 6 heteroatoms. The predicted octanol–water partition coefficient (Wildman–Crippen LogP) is 1.58. The molecule has 1 aromatic rings. The summed E-state index contributed by atoms with van der Waals surface area (Å²) < 4.78 is 12.8. The number of aliphatic carboxylic acids is 2. The first-order valence-electron chi connectivity index (χ1n) is 5.43. The zero-order valence-electron chi connectivity index (χ0n) is 9.67. The number of carboxylic acids is 2. The molecule has 0 saturated carbocycles. The molecule has 0 radical (unpaired) electrons. The second kappa shape index (κ2) is 6.58. The van der Waals surface area contributed by atoms with Crippen LogP contribution in [0.15, 0.2) is 24.3 Å². The van der Waals surface area contributed by atoms with Gasteiger partial charge in [-0.15, -0.1) is 0 Å². The third-order valence-electron chi connectivity index (χ3n) is 2.38. The van der Waals surface area contributed by atoms with Gasteiger partial charge in [0.1, 0.15) is 5.82 Å². The van der Waals surface area contributed by atoms with Crippen molar-refractivity contribution in [2.75, 3.05) is 18.0 Å². The van der Waals surface area contributed by atoms with Crippen molar-refractivity contribution in [3.05, 3.63) is 30.1 Å². The van der Waals surface area contributed by atoms with Crippen molar-refractivity contribution in [3.8, 4) is 0 Å². The highest BCUT2D eigenvalue weighted by atomic mass is 19.1. The molecule has 0 fully saturated rings. The van der Waals surface area contributed by atoms with Crippen molar-refractivity contribution >= 4 is 17.6 Å². The standard InChI is InChI=1S/C12H14FNO4/c13-9-1-3-10(4-2-9)14(7-5-11(15)16)8-6-12(17)18/h1-4H,5-8H2,(H,15,16)(H,17,18). The van der Waals surface area contributed by atoms with Gasteiger partial charge < -0.3 is 15.1 Å². The minimum Gasteiger partial charge on any atom is -0.481 e. The minimum absolute atomic E-state index is 0.100. The monoisotopic (exact) mass is 255 g/mol. The van der Waals surface area contributed by atoms with Crippen molar-refractivity contribution in [2.45, 2.75) is 12.8 Å². The number of hydrogen-bond acceptors (Lipinski definition) is 3. The van der Waals surface area contributed by atoms with E-state index in [4.69, 9.17) is 10.2 Å².